The van der Waals surface area contributed by atoms with E-state index in [1.807, 2.05) is 13.8 Å². The molecule has 4 nitrogen and oxygen atoms in total. The predicted octanol–water partition coefficient (Wildman–Crippen LogP) is -3.36. The SMILES string of the molecule is CCCC(=O)[N-]C.CCCC(=O)[N-]C.[F-].[F-].[Ti+4]. The van der Waals surface area contributed by atoms with Crippen molar-refractivity contribution in [3.63, 3.8) is 0 Å². The molecule has 0 aromatic rings. The summed E-state index contributed by atoms with van der Waals surface area (Å²) in [5.41, 5.74) is 0. The van der Waals surface area contributed by atoms with E-state index < -0.39 is 0 Å². The van der Waals surface area contributed by atoms with Crippen molar-refractivity contribution in [1.82, 2.24) is 0 Å². The molecular weight excluding hydrogens is 266 g/mol. The smallest absolute Gasteiger partial charge is 1.00 e. The molecule has 0 saturated heterocycles. The molecule has 0 bridgehead atoms. The van der Waals surface area contributed by atoms with Gasteiger partial charge in [-0.2, -0.15) is 0 Å². The Balaban J connectivity index is -0.0000000480. The van der Waals surface area contributed by atoms with Gasteiger partial charge in [-0.05, 0) is 12.8 Å². The van der Waals surface area contributed by atoms with Crippen LogP contribution in [0.1, 0.15) is 39.5 Å². The van der Waals surface area contributed by atoms with Gasteiger partial charge in [-0.15, -0.1) is 14.1 Å². The van der Waals surface area contributed by atoms with Crippen molar-refractivity contribution >= 4 is 11.8 Å². The molecule has 0 aromatic heterocycles. The van der Waals surface area contributed by atoms with E-state index in [9.17, 15) is 9.59 Å². The van der Waals surface area contributed by atoms with Gasteiger partial charge >= 0.3 is 21.7 Å². The molecule has 0 aliphatic heterocycles. The molecule has 2 amide bonds. The van der Waals surface area contributed by atoms with Gasteiger partial charge in [-0.25, -0.2) is 0 Å². The second kappa shape index (κ2) is 24.7. The van der Waals surface area contributed by atoms with E-state index in [4.69, 9.17) is 0 Å². The van der Waals surface area contributed by atoms with E-state index in [0.717, 1.165) is 12.8 Å². The first-order chi connectivity index (χ1) is 6.62. The molecule has 0 atom stereocenters. The van der Waals surface area contributed by atoms with Crippen molar-refractivity contribution in [2.24, 2.45) is 0 Å². The van der Waals surface area contributed by atoms with Crippen molar-refractivity contribution in [2.45, 2.75) is 39.5 Å². The Morgan fingerprint density at radius 3 is 1.12 bits per heavy atom. The summed E-state index contributed by atoms with van der Waals surface area (Å²) in [6, 6.07) is 0. The summed E-state index contributed by atoms with van der Waals surface area (Å²) in [4.78, 5) is 20.5. The van der Waals surface area contributed by atoms with Crippen molar-refractivity contribution in [3.8, 4) is 0 Å². The fourth-order valence-corrected chi connectivity index (χ4v) is 0.651. The quantitative estimate of drug-likeness (QED) is 0.507. The monoisotopic (exact) mass is 286 g/mol. The number of carbonyl (C=O) groups excluding carboxylic acids is 2. The molecule has 0 aliphatic carbocycles. The Labute approximate surface area is 117 Å². The van der Waals surface area contributed by atoms with E-state index in [1.54, 1.807) is 0 Å². The van der Waals surface area contributed by atoms with Gasteiger partial charge in [0.1, 0.15) is 0 Å². The summed E-state index contributed by atoms with van der Waals surface area (Å²) in [5, 5.41) is 6.88. The average molecular weight is 286 g/mol. The zero-order valence-corrected chi connectivity index (χ0v) is 12.4. The van der Waals surface area contributed by atoms with E-state index in [2.05, 4.69) is 10.6 Å². The largest absolute Gasteiger partial charge is 4.00 e. The molecule has 0 rings (SSSR count). The van der Waals surface area contributed by atoms with Gasteiger partial charge in [0.15, 0.2) is 0 Å². The fraction of sp³-hybridized carbons (Fsp3) is 0.800. The van der Waals surface area contributed by atoms with Gasteiger partial charge < -0.3 is 29.6 Å². The van der Waals surface area contributed by atoms with Crippen LogP contribution in [0.3, 0.4) is 0 Å². The van der Waals surface area contributed by atoms with Gasteiger partial charge in [-0.1, -0.05) is 26.7 Å². The maximum atomic E-state index is 10.2. The zero-order valence-electron chi connectivity index (χ0n) is 10.8. The number of hydrogen-bond acceptors (Lipinski definition) is 2. The van der Waals surface area contributed by atoms with Crippen LogP contribution in [0.15, 0.2) is 0 Å². The topological polar surface area (TPSA) is 62.3 Å². The van der Waals surface area contributed by atoms with Crippen LogP contribution < -0.4 is 9.41 Å². The van der Waals surface area contributed by atoms with Crippen LogP contribution in [0, 0.1) is 0 Å². The summed E-state index contributed by atoms with van der Waals surface area (Å²) in [6.45, 7) is 3.92. The Morgan fingerprint density at radius 1 is 0.824 bits per heavy atom. The summed E-state index contributed by atoms with van der Waals surface area (Å²) in [6.07, 6.45) is 2.99. The Hall–Kier alpha value is -0.486. The number of carbonyl (C=O) groups is 2. The van der Waals surface area contributed by atoms with Gasteiger partial charge in [0.2, 0.25) is 0 Å². The number of halogens is 2. The maximum absolute atomic E-state index is 10.2. The molecule has 100 valence electrons. The van der Waals surface area contributed by atoms with Gasteiger partial charge in [0.25, 0.3) is 0 Å². The summed E-state index contributed by atoms with van der Waals surface area (Å²) >= 11 is 0. The third-order valence-electron chi connectivity index (χ3n) is 1.43. The van der Waals surface area contributed by atoms with E-state index in [1.165, 1.54) is 14.1 Å². The van der Waals surface area contributed by atoms with E-state index in [0.29, 0.717) is 12.8 Å². The molecule has 0 radical (unpaired) electrons. The minimum atomic E-state index is 0. The molecule has 0 fully saturated rings. The standard InChI is InChI=1S/2C5H11NO.2FH.Ti/c2*1-3-4-5(7)6-2;;;/h2*3-4H2,1-2H3,(H,6,7);2*1H;/q;;;;+4/p-4. The van der Waals surface area contributed by atoms with E-state index in [-0.39, 0.29) is 42.9 Å². The second-order valence-corrected chi connectivity index (χ2v) is 2.73. The first-order valence-corrected chi connectivity index (χ1v) is 4.87. The van der Waals surface area contributed by atoms with Crippen LogP contribution in [-0.4, -0.2) is 25.9 Å². The molecular formula is C10H20F2N2O2Ti. The molecule has 0 unspecified atom stereocenters. The molecule has 0 heterocycles. The van der Waals surface area contributed by atoms with E-state index >= 15 is 0 Å². The van der Waals surface area contributed by atoms with Crippen LogP contribution in [0.4, 0.5) is 0 Å². The molecule has 7 heteroatoms. The third-order valence-corrected chi connectivity index (χ3v) is 1.43. The molecule has 0 N–H and O–H groups in total. The third kappa shape index (κ3) is 31.3. The van der Waals surface area contributed by atoms with Gasteiger partial charge in [-0.3, -0.25) is 0 Å². The van der Waals surface area contributed by atoms with Crippen LogP contribution in [-0.2, 0) is 31.3 Å². The fourth-order valence-electron chi connectivity index (χ4n) is 0.651. The number of amides is 2. The first kappa shape index (κ1) is 30.0. The van der Waals surface area contributed by atoms with Gasteiger partial charge in [0.05, 0.1) is 11.8 Å². The maximum Gasteiger partial charge on any atom is 4.00 e. The Bertz CT molecular complexity index is 154. The molecule has 17 heavy (non-hydrogen) atoms. The minimum absolute atomic E-state index is 0. The molecule has 0 spiro atoms. The number of rotatable bonds is 4. The Kier molecular flexibility index (Phi) is 43.5. The second-order valence-electron chi connectivity index (χ2n) is 2.73. The van der Waals surface area contributed by atoms with Crippen molar-refractivity contribution in [3.05, 3.63) is 10.6 Å². The minimum Gasteiger partial charge on any atom is -1.00 e. The van der Waals surface area contributed by atoms with Crippen LogP contribution in [0.25, 0.3) is 10.6 Å². The van der Waals surface area contributed by atoms with Crippen LogP contribution in [0.2, 0.25) is 0 Å². The number of hydrogen-bond donors (Lipinski definition) is 0. The number of nitrogens with zero attached hydrogens (tertiary/aromatic N) is 2. The van der Waals surface area contributed by atoms with Crippen molar-refractivity contribution in [1.29, 1.82) is 0 Å². The van der Waals surface area contributed by atoms with Gasteiger partial charge in [0, 0.05) is 0 Å². The first-order valence-electron chi connectivity index (χ1n) is 4.87. The normalized spacial score (nSPS) is 6.82. The zero-order chi connectivity index (χ0) is 11.4. The predicted molar refractivity (Wildman–Crippen MR) is 58.4 cm³/mol. The van der Waals surface area contributed by atoms with Crippen LogP contribution in [0.5, 0.6) is 0 Å². The molecule has 0 saturated carbocycles. The average Bonchev–Trinajstić information content (AvgIpc) is 2.19. The summed E-state index contributed by atoms with van der Waals surface area (Å²) in [7, 11) is 3.05. The summed E-state index contributed by atoms with van der Waals surface area (Å²) in [5.74, 6) is 0.00463. The van der Waals surface area contributed by atoms with Crippen LogP contribution >= 0.6 is 0 Å². The molecule has 0 aliphatic rings. The van der Waals surface area contributed by atoms with Crippen molar-refractivity contribution < 1.29 is 40.7 Å². The summed E-state index contributed by atoms with van der Waals surface area (Å²) < 4.78 is 0. The van der Waals surface area contributed by atoms with Crippen molar-refractivity contribution in [2.75, 3.05) is 14.1 Å². The molecule has 0 aromatic carbocycles. The Morgan fingerprint density at radius 2 is 1.06 bits per heavy atom.